The second-order valence-corrected chi connectivity index (χ2v) is 4.99. The van der Waals surface area contributed by atoms with Gasteiger partial charge in [0.05, 0.1) is 0 Å². The number of benzene rings is 1. The van der Waals surface area contributed by atoms with Crippen molar-refractivity contribution < 1.29 is 4.42 Å². The molecule has 0 spiro atoms. The van der Waals surface area contributed by atoms with Crippen LogP contribution < -0.4 is 0 Å². The molecule has 0 unspecified atom stereocenters. The molecule has 2 aromatic rings. The van der Waals surface area contributed by atoms with Gasteiger partial charge in [-0.15, -0.1) is 12.4 Å². The highest BCUT2D eigenvalue weighted by atomic mass is 35.5. The molecule has 0 aliphatic carbocycles. The number of hydrogen-bond donors (Lipinski definition) is 0. The first-order valence-electron chi connectivity index (χ1n) is 5.23. The van der Waals surface area contributed by atoms with Gasteiger partial charge in [0, 0.05) is 29.1 Å². The number of likely N-dealkylation sites (N-methyl/N-ethyl adjacent to an activating group) is 1. The smallest absolute Gasteiger partial charge is 0.199 e. The van der Waals surface area contributed by atoms with Crippen LogP contribution in [0.1, 0.15) is 11.1 Å². The Balaban J connectivity index is 0.00000108. The summed E-state index contributed by atoms with van der Waals surface area (Å²) in [4.78, 5) is 2.23. The van der Waals surface area contributed by atoms with Gasteiger partial charge in [0.2, 0.25) is 0 Å². The minimum atomic E-state index is 0. The minimum absolute atomic E-state index is 0. The van der Waals surface area contributed by atoms with Gasteiger partial charge in [-0.25, -0.2) is 0 Å². The van der Waals surface area contributed by atoms with E-state index < -0.39 is 0 Å². The maximum Gasteiger partial charge on any atom is 0.199 e. The Hall–Kier alpha value is -0.410. The van der Waals surface area contributed by atoms with Crippen LogP contribution >= 0.6 is 35.6 Å². The van der Waals surface area contributed by atoms with Crippen molar-refractivity contribution in [1.82, 2.24) is 4.90 Å². The summed E-state index contributed by atoms with van der Waals surface area (Å²) in [6, 6.07) is 3.77. The van der Waals surface area contributed by atoms with Crippen LogP contribution in [0.4, 0.5) is 0 Å². The number of rotatable bonds is 0. The van der Waals surface area contributed by atoms with E-state index in [9.17, 15) is 0 Å². The average Bonchev–Trinajstić information content (AvgIpc) is 2.46. The molecule has 0 saturated carbocycles. The first-order valence-corrected chi connectivity index (χ1v) is 5.99. The maximum atomic E-state index is 6.24. The lowest BCUT2D eigenvalue weighted by Gasteiger charge is -2.12. The minimum Gasteiger partial charge on any atom is -0.444 e. The third kappa shape index (κ3) is 2.04. The van der Waals surface area contributed by atoms with Crippen LogP contribution in [-0.4, -0.2) is 18.5 Å². The molecule has 2 nitrogen and oxygen atoms in total. The monoisotopic (exact) mass is 291 g/mol. The van der Waals surface area contributed by atoms with E-state index >= 15 is 0 Å². The van der Waals surface area contributed by atoms with Crippen molar-refractivity contribution in [2.45, 2.75) is 13.0 Å². The lowest BCUT2D eigenvalue weighted by molar-refractivity contribution is 0.335. The van der Waals surface area contributed by atoms with E-state index in [1.165, 1.54) is 0 Å². The molecule has 0 radical (unpaired) electrons. The molecule has 0 atom stereocenters. The molecule has 0 fully saturated rings. The van der Waals surface area contributed by atoms with Crippen molar-refractivity contribution in [3.05, 3.63) is 33.5 Å². The summed E-state index contributed by atoms with van der Waals surface area (Å²) in [7, 11) is 2.08. The highest BCUT2D eigenvalue weighted by Gasteiger charge is 2.22. The van der Waals surface area contributed by atoms with Gasteiger partial charge in [0.1, 0.15) is 5.58 Å². The molecule has 1 aliphatic heterocycles. The molecule has 1 aromatic carbocycles. The molecular formula is C12H12Cl3NO. The van der Waals surface area contributed by atoms with E-state index in [4.69, 9.17) is 27.6 Å². The summed E-state index contributed by atoms with van der Waals surface area (Å²) in [6.45, 7) is 1.81. The molecule has 1 aliphatic rings. The Kier molecular flexibility index (Phi) is 3.60. The van der Waals surface area contributed by atoms with Crippen LogP contribution in [-0.2, 0) is 13.0 Å². The van der Waals surface area contributed by atoms with Gasteiger partial charge in [-0.3, -0.25) is 0 Å². The van der Waals surface area contributed by atoms with Crippen LogP contribution in [0.25, 0.3) is 11.0 Å². The van der Waals surface area contributed by atoms with Gasteiger partial charge < -0.3 is 9.32 Å². The van der Waals surface area contributed by atoms with Gasteiger partial charge >= 0.3 is 0 Å². The highest BCUT2D eigenvalue weighted by molar-refractivity contribution is 6.33. The quantitative estimate of drug-likeness (QED) is 0.725. The van der Waals surface area contributed by atoms with Crippen LogP contribution in [0.15, 0.2) is 16.5 Å². The normalized spacial score (nSPS) is 15.7. The molecule has 1 aromatic heterocycles. The molecule has 2 heterocycles. The van der Waals surface area contributed by atoms with Crippen molar-refractivity contribution in [2.24, 2.45) is 0 Å². The zero-order valence-electron chi connectivity index (χ0n) is 9.30. The fraction of sp³-hybridized carbons (Fsp3) is 0.333. The van der Waals surface area contributed by atoms with E-state index in [0.29, 0.717) is 5.22 Å². The van der Waals surface area contributed by atoms with Gasteiger partial charge in [0.25, 0.3) is 0 Å². The van der Waals surface area contributed by atoms with Crippen molar-refractivity contribution >= 4 is 46.6 Å². The van der Waals surface area contributed by atoms with Crippen molar-refractivity contribution in [2.75, 3.05) is 13.6 Å². The van der Waals surface area contributed by atoms with E-state index in [1.54, 1.807) is 0 Å². The van der Waals surface area contributed by atoms with Crippen LogP contribution in [0, 0.1) is 0 Å². The Morgan fingerprint density at radius 2 is 2.00 bits per heavy atom. The van der Waals surface area contributed by atoms with Crippen molar-refractivity contribution in [1.29, 1.82) is 0 Å². The number of halogens is 3. The fourth-order valence-corrected chi connectivity index (χ4v) is 2.80. The molecule has 17 heavy (non-hydrogen) atoms. The first-order chi connectivity index (χ1) is 7.66. The highest BCUT2D eigenvalue weighted by Crippen LogP contribution is 2.37. The van der Waals surface area contributed by atoms with Crippen molar-refractivity contribution in [3.8, 4) is 0 Å². The Bertz CT molecular complexity index is 564. The summed E-state index contributed by atoms with van der Waals surface area (Å²) in [5.74, 6) is 0. The van der Waals surface area contributed by atoms with Gasteiger partial charge in [-0.05, 0) is 42.8 Å². The Morgan fingerprint density at radius 3 is 2.76 bits per heavy atom. The molecule has 3 rings (SSSR count). The predicted octanol–water partition coefficient (Wildman–Crippen LogP) is 4.15. The van der Waals surface area contributed by atoms with E-state index in [-0.39, 0.29) is 12.4 Å². The summed E-state index contributed by atoms with van der Waals surface area (Å²) in [6.07, 6.45) is 0.940. The third-order valence-electron chi connectivity index (χ3n) is 3.13. The van der Waals surface area contributed by atoms with E-state index in [0.717, 1.165) is 46.6 Å². The van der Waals surface area contributed by atoms with Crippen LogP contribution in [0.5, 0.6) is 0 Å². The third-order valence-corrected chi connectivity index (χ3v) is 3.79. The molecule has 0 saturated heterocycles. The predicted molar refractivity (Wildman–Crippen MR) is 73.5 cm³/mol. The van der Waals surface area contributed by atoms with E-state index in [2.05, 4.69) is 11.9 Å². The summed E-state index contributed by atoms with van der Waals surface area (Å²) < 4.78 is 5.55. The molecule has 0 bridgehead atoms. The topological polar surface area (TPSA) is 16.4 Å². The molecule has 0 N–H and O–H groups in total. The first kappa shape index (κ1) is 13.0. The van der Waals surface area contributed by atoms with Gasteiger partial charge in [0.15, 0.2) is 5.22 Å². The standard InChI is InChI=1S/C12H11Cl2NO.ClH/c1-15-5-4-7-9(13)2-3-10-11(7)8(6-15)12(14)16-10;/h2-3H,4-6H2,1H3;1H. The zero-order valence-corrected chi connectivity index (χ0v) is 11.6. The lowest BCUT2D eigenvalue weighted by atomic mass is 10.1. The maximum absolute atomic E-state index is 6.24. The van der Waals surface area contributed by atoms with Crippen molar-refractivity contribution in [3.63, 3.8) is 0 Å². The molecule has 92 valence electrons. The summed E-state index contributed by atoms with van der Waals surface area (Å²) >= 11 is 12.4. The number of nitrogens with zero attached hydrogens (tertiary/aromatic N) is 1. The van der Waals surface area contributed by atoms with Crippen LogP contribution in [0.3, 0.4) is 0 Å². The summed E-state index contributed by atoms with van der Waals surface area (Å²) in [5.41, 5.74) is 3.07. The average molecular weight is 293 g/mol. The van der Waals surface area contributed by atoms with E-state index in [1.807, 2.05) is 12.1 Å². The SMILES string of the molecule is CN1CCc2c(Cl)ccc3oc(Cl)c(c23)C1.Cl. The number of furan rings is 1. The molecule has 5 heteroatoms. The second kappa shape index (κ2) is 4.69. The van der Waals surface area contributed by atoms with Gasteiger partial charge in [-0.2, -0.15) is 0 Å². The Labute approximate surface area is 116 Å². The van der Waals surface area contributed by atoms with Gasteiger partial charge in [-0.1, -0.05) is 11.6 Å². The van der Waals surface area contributed by atoms with Crippen LogP contribution in [0.2, 0.25) is 10.2 Å². The largest absolute Gasteiger partial charge is 0.444 e. The molecule has 0 amide bonds. The second-order valence-electron chi connectivity index (χ2n) is 4.24. The Morgan fingerprint density at radius 1 is 1.24 bits per heavy atom. The molecular weight excluding hydrogens is 280 g/mol. The number of hydrogen-bond acceptors (Lipinski definition) is 2. The zero-order chi connectivity index (χ0) is 11.3. The summed E-state index contributed by atoms with van der Waals surface area (Å²) in [5, 5.41) is 2.41. The fourth-order valence-electron chi connectivity index (χ4n) is 2.31. The lowest BCUT2D eigenvalue weighted by Crippen LogP contribution is -2.18.